The van der Waals surface area contributed by atoms with E-state index in [1.165, 1.54) is 5.56 Å². The Hall–Kier alpha value is -1.88. The minimum atomic E-state index is -0.233. The van der Waals surface area contributed by atoms with E-state index in [0.717, 1.165) is 37.7 Å². The number of aliphatic hydroxyl groups excluding tert-OH is 1. The molecule has 1 fully saturated rings. The van der Waals surface area contributed by atoms with Crippen LogP contribution in [0.25, 0.3) is 0 Å². The van der Waals surface area contributed by atoms with E-state index in [0.29, 0.717) is 0 Å². The molecule has 1 aliphatic heterocycles. The molecule has 4 nitrogen and oxygen atoms in total. The summed E-state index contributed by atoms with van der Waals surface area (Å²) >= 11 is 0. The molecule has 0 aliphatic carbocycles. The van der Waals surface area contributed by atoms with Crippen molar-refractivity contribution in [1.82, 2.24) is 10.2 Å². The van der Waals surface area contributed by atoms with Crippen molar-refractivity contribution in [3.8, 4) is 11.5 Å². The maximum Gasteiger partial charge on any atom is 0.127 e. The first kappa shape index (κ1) is 17.9. The van der Waals surface area contributed by atoms with Crippen molar-refractivity contribution in [2.75, 3.05) is 32.8 Å². The number of aliphatic hydroxyl groups is 1. The SMILES string of the molecule is CC(C)(CO)[C@@H](c1cccc(Oc2ccccc2)c1)N1CCNCC1. The molecule has 2 aromatic carbocycles. The molecule has 0 bridgehead atoms. The minimum Gasteiger partial charge on any atom is -0.457 e. The number of ether oxygens (including phenoxy) is 1. The van der Waals surface area contributed by atoms with Gasteiger partial charge < -0.3 is 15.2 Å². The van der Waals surface area contributed by atoms with Crippen LogP contribution in [0.15, 0.2) is 54.6 Å². The quantitative estimate of drug-likeness (QED) is 0.845. The van der Waals surface area contributed by atoms with E-state index in [4.69, 9.17) is 4.74 Å². The summed E-state index contributed by atoms with van der Waals surface area (Å²) in [5.41, 5.74) is 0.956. The summed E-state index contributed by atoms with van der Waals surface area (Å²) in [6.45, 7) is 8.34. The highest BCUT2D eigenvalue weighted by Gasteiger charge is 2.35. The van der Waals surface area contributed by atoms with Crippen LogP contribution in [0.1, 0.15) is 25.5 Å². The summed E-state index contributed by atoms with van der Waals surface area (Å²) in [5, 5.41) is 13.4. The monoisotopic (exact) mass is 340 g/mol. The number of para-hydroxylation sites is 1. The first-order valence-corrected chi connectivity index (χ1v) is 8.99. The van der Waals surface area contributed by atoms with Gasteiger partial charge in [0, 0.05) is 44.2 Å². The standard InChI is InChI=1S/C21H28N2O2/c1-21(2,16-24)20(23-13-11-22-12-14-23)17-7-6-10-19(15-17)25-18-8-4-3-5-9-18/h3-10,15,20,22,24H,11-14,16H2,1-2H3/t20-/m1/s1. The molecule has 0 spiro atoms. The second-order valence-corrected chi connectivity index (χ2v) is 7.32. The highest BCUT2D eigenvalue weighted by atomic mass is 16.5. The van der Waals surface area contributed by atoms with Crippen molar-refractivity contribution in [2.24, 2.45) is 5.41 Å². The highest BCUT2D eigenvalue weighted by molar-refractivity contribution is 5.35. The van der Waals surface area contributed by atoms with Crippen LogP contribution in [0.2, 0.25) is 0 Å². The molecule has 4 heteroatoms. The van der Waals surface area contributed by atoms with E-state index in [-0.39, 0.29) is 18.1 Å². The lowest BCUT2D eigenvalue weighted by molar-refractivity contribution is 0.0304. The normalized spacial score (nSPS) is 17.2. The van der Waals surface area contributed by atoms with Crippen molar-refractivity contribution in [3.63, 3.8) is 0 Å². The molecule has 2 N–H and O–H groups in total. The first-order chi connectivity index (χ1) is 12.1. The zero-order valence-electron chi connectivity index (χ0n) is 15.1. The van der Waals surface area contributed by atoms with Crippen molar-refractivity contribution < 1.29 is 9.84 Å². The maximum atomic E-state index is 9.99. The number of nitrogens with zero attached hydrogens (tertiary/aromatic N) is 1. The molecular formula is C21H28N2O2. The van der Waals surface area contributed by atoms with Gasteiger partial charge in [-0.25, -0.2) is 0 Å². The lowest BCUT2D eigenvalue weighted by Crippen LogP contribution is -2.49. The molecule has 1 saturated heterocycles. The lowest BCUT2D eigenvalue weighted by atomic mass is 9.79. The lowest BCUT2D eigenvalue weighted by Gasteiger charge is -2.43. The summed E-state index contributed by atoms with van der Waals surface area (Å²) in [6.07, 6.45) is 0. The third-order valence-electron chi connectivity index (χ3n) is 4.82. The van der Waals surface area contributed by atoms with E-state index < -0.39 is 0 Å². The molecule has 1 aliphatic rings. The number of piperazine rings is 1. The molecule has 0 aromatic heterocycles. The van der Waals surface area contributed by atoms with Crippen molar-refractivity contribution in [1.29, 1.82) is 0 Å². The van der Waals surface area contributed by atoms with Gasteiger partial charge in [0.1, 0.15) is 11.5 Å². The van der Waals surface area contributed by atoms with E-state index in [1.54, 1.807) is 0 Å². The highest BCUT2D eigenvalue weighted by Crippen LogP contribution is 2.39. The Morgan fingerprint density at radius 3 is 2.40 bits per heavy atom. The molecule has 3 rings (SSSR count). The Morgan fingerprint density at radius 2 is 1.72 bits per heavy atom. The van der Waals surface area contributed by atoms with Crippen LogP contribution in [0.3, 0.4) is 0 Å². The Kier molecular flexibility index (Phi) is 5.74. The summed E-state index contributed by atoms with van der Waals surface area (Å²) < 4.78 is 6.01. The number of hydrogen-bond acceptors (Lipinski definition) is 4. The predicted octanol–water partition coefficient (Wildman–Crippen LogP) is 3.44. The van der Waals surface area contributed by atoms with Crippen molar-refractivity contribution in [3.05, 3.63) is 60.2 Å². The van der Waals surface area contributed by atoms with E-state index in [2.05, 4.69) is 36.2 Å². The summed E-state index contributed by atoms with van der Waals surface area (Å²) in [5.74, 6) is 1.66. The molecule has 0 saturated carbocycles. The van der Waals surface area contributed by atoms with Crippen LogP contribution in [0.4, 0.5) is 0 Å². The number of rotatable bonds is 6. The number of hydrogen-bond donors (Lipinski definition) is 2. The summed E-state index contributed by atoms with van der Waals surface area (Å²) in [4.78, 5) is 2.47. The molecule has 25 heavy (non-hydrogen) atoms. The molecule has 0 unspecified atom stereocenters. The Bertz CT molecular complexity index is 667. The summed E-state index contributed by atoms with van der Waals surface area (Å²) in [6, 6.07) is 18.3. The predicted molar refractivity (Wildman–Crippen MR) is 101 cm³/mol. The van der Waals surface area contributed by atoms with Gasteiger partial charge in [-0.1, -0.05) is 44.2 Å². The Balaban J connectivity index is 1.88. The van der Waals surface area contributed by atoms with Crippen LogP contribution in [0.5, 0.6) is 11.5 Å². The molecule has 0 radical (unpaired) electrons. The first-order valence-electron chi connectivity index (χ1n) is 8.99. The average Bonchev–Trinajstić information content (AvgIpc) is 2.64. The van der Waals surface area contributed by atoms with E-state index in [1.807, 2.05) is 42.5 Å². The van der Waals surface area contributed by atoms with Gasteiger partial charge in [-0.3, -0.25) is 4.90 Å². The third kappa shape index (κ3) is 4.40. The topological polar surface area (TPSA) is 44.7 Å². The van der Waals surface area contributed by atoms with Gasteiger partial charge in [-0.2, -0.15) is 0 Å². The van der Waals surface area contributed by atoms with Gasteiger partial charge >= 0.3 is 0 Å². The molecule has 0 amide bonds. The fraction of sp³-hybridized carbons (Fsp3) is 0.429. The van der Waals surface area contributed by atoms with Crippen molar-refractivity contribution in [2.45, 2.75) is 19.9 Å². The zero-order valence-corrected chi connectivity index (χ0v) is 15.1. The summed E-state index contributed by atoms with van der Waals surface area (Å²) in [7, 11) is 0. The van der Waals surface area contributed by atoms with Crippen LogP contribution >= 0.6 is 0 Å². The number of nitrogens with one attached hydrogen (secondary N) is 1. The molecule has 2 aromatic rings. The molecule has 1 atom stereocenters. The van der Waals surface area contributed by atoms with Gasteiger partial charge in [-0.15, -0.1) is 0 Å². The van der Waals surface area contributed by atoms with Gasteiger partial charge in [-0.05, 0) is 29.8 Å². The fourth-order valence-corrected chi connectivity index (χ4v) is 3.56. The van der Waals surface area contributed by atoms with Gasteiger partial charge in [0.25, 0.3) is 0 Å². The second kappa shape index (κ2) is 8.00. The number of benzene rings is 2. The largest absolute Gasteiger partial charge is 0.457 e. The minimum absolute atomic E-state index is 0.144. The Morgan fingerprint density at radius 1 is 1.04 bits per heavy atom. The third-order valence-corrected chi connectivity index (χ3v) is 4.82. The average molecular weight is 340 g/mol. The van der Waals surface area contributed by atoms with Crippen LogP contribution in [-0.4, -0.2) is 42.8 Å². The molecule has 1 heterocycles. The van der Waals surface area contributed by atoms with Crippen molar-refractivity contribution >= 4 is 0 Å². The van der Waals surface area contributed by atoms with Gasteiger partial charge in [0.05, 0.1) is 0 Å². The van der Waals surface area contributed by atoms with Crippen LogP contribution < -0.4 is 10.1 Å². The van der Waals surface area contributed by atoms with Crippen LogP contribution in [0, 0.1) is 5.41 Å². The Labute approximate surface area is 150 Å². The second-order valence-electron chi connectivity index (χ2n) is 7.32. The van der Waals surface area contributed by atoms with E-state index >= 15 is 0 Å². The molecular weight excluding hydrogens is 312 g/mol. The fourth-order valence-electron chi connectivity index (χ4n) is 3.56. The smallest absolute Gasteiger partial charge is 0.127 e. The van der Waals surface area contributed by atoms with Gasteiger partial charge in [0.2, 0.25) is 0 Å². The van der Waals surface area contributed by atoms with Gasteiger partial charge in [0.15, 0.2) is 0 Å². The molecule has 134 valence electrons. The maximum absolute atomic E-state index is 9.99. The van der Waals surface area contributed by atoms with Crippen LogP contribution in [-0.2, 0) is 0 Å². The van der Waals surface area contributed by atoms with E-state index in [9.17, 15) is 5.11 Å². The zero-order chi connectivity index (χ0) is 17.7.